The zero-order chi connectivity index (χ0) is 16.7. The second-order valence-corrected chi connectivity index (χ2v) is 6.03. The van der Waals surface area contributed by atoms with Crippen molar-refractivity contribution in [1.29, 1.82) is 0 Å². The lowest BCUT2D eigenvalue weighted by Gasteiger charge is -2.03. The Bertz CT molecular complexity index is 1030. The first-order valence-corrected chi connectivity index (χ1v) is 7.77. The Labute approximate surface area is 139 Å². The molecule has 0 aliphatic carbocycles. The molecule has 1 saturated heterocycles. The van der Waals surface area contributed by atoms with Crippen LogP contribution in [0.2, 0.25) is 0 Å². The van der Waals surface area contributed by atoms with Gasteiger partial charge in [0.15, 0.2) is 5.65 Å². The number of halogens is 1. The summed E-state index contributed by atoms with van der Waals surface area (Å²) in [6, 6.07) is 8.01. The predicted octanol–water partition coefficient (Wildman–Crippen LogP) is 2.86. The Morgan fingerprint density at radius 3 is 2.79 bits per heavy atom. The monoisotopic (exact) mass is 340 g/mol. The molecule has 0 radical (unpaired) electrons. The highest BCUT2D eigenvalue weighted by Gasteiger charge is 2.25. The first-order valence-electron chi connectivity index (χ1n) is 6.96. The van der Waals surface area contributed by atoms with Crippen molar-refractivity contribution in [2.75, 3.05) is 0 Å². The summed E-state index contributed by atoms with van der Waals surface area (Å²) in [6.45, 7) is 0. The molecule has 2 amide bonds. The number of carbonyl (C=O) groups excluding carboxylic acids is 2. The minimum atomic E-state index is -0.449. The number of amides is 2. The normalized spacial score (nSPS) is 16.1. The molecule has 2 aromatic heterocycles. The summed E-state index contributed by atoms with van der Waals surface area (Å²) in [5.41, 5.74) is 1.87. The van der Waals surface area contributed by atoms with Gasteiger partial charge >= 0.3 is 0 Å². The second-order valence-electron chi connectivity index (χ2n) is 5.01. The van der Waals surface area contributed by atoms with Crippen molar-refractivity contribution in [3.8, 4) is 11.3 Å². The zero-order valence-corrected chi connectivity index (χ0v) is 12.9. The van der Waals surface area contributed by atoms with Gasteiger partial charge in [0.1, 0.15) is 5.82 Å². The van der Waals surface area contributed by atoms with E-state index in [0.717, 1.165) is 11.8 Å². The maximum atomic E-state index is 14.0. The lowest BCUT2D eigenvalue weighted by molar-refractivity contribution is -0.115. The van der Waals surface area contributed by atoms with Crippen LogP contribution in [0.4, 0.5) is 9.18 Å². The number of hydrogen-bond acceptors (Lipinski definition) is 5. The van der Waals surface area contributed by atoms with Crippen molar-refractivity contribution >= 4 is 34.6 Å². The molecular formula is C16H9FN4O2S. The predicted molar refractivity (Wildman–Crippen MR) is 87.5 cm³/mol. The molecule has 1 aliphatic heterocycles. The standard InChI is InChI=1S/C16H9FN4O2S/c17-11-4-2-1-3-10(11)12-5-6-21-14(19-12)9(8-18-21)7-13-15(22)20-16(23)24-13/h1-8H,(H,20,22,23)/b13-7+. The highest BCUT2D eigenvalue weighted by Crippen LogP contribution is 2.27. The number of nitrogens with one attached hydrogen (secondary N) is 1. The molecule has 1 aromatic carbocycles. The van der Waals surface area contributed by atoms with Crippen molar-refractivity contribution in [1.82, 2.24) is 19.9 Å². The fourth-order valence-electron chi connectivity index (χ4n) is 2.37. The Kier molecular flexibility index (Phi) is 3.39. The Morgan fingerprint density at radius 2 is 2.04 bits per heavy atom. The van der Waals surface area contributed by atoms with E-state index in [0.29, 0.717) is 22.5 Å². The topological polar surface area (TPSA) is 76.4 Å². The first-order chi connectivity index (χ1) is 11.6. The molecule has 0 bridgehead atoms. The van der Waals surface area contributed by atoms with Gasteiger partial charge in [-0.3, -0.25) is 14.9 Å². The number of imide groups is 1. The molecule has 1 fully saturated rings. The van der Waals surface area contributed by atoms with Crippen LogP contribution in [0.1, 0.15) is 5.56 Å². The summed E-state index contributed by atoms with van der Waals surface area (Å²) in [5.74, 6) is -0.820. The average Bonchev–Trinajstić information content (AvgIpc) is 3.11. The molecule has 24 heavy (non-hydrogen) atoms. The van der Waals surface area contributed by atoms with E-state index >= 15 is 0 Å². The van der Waals surface area contributed by atoms with Crippen molar-refractivity contribution in [3.63, 3.8) is 0 Å². The summed E-state index contributed by atoms with van der Waals surface area (Å²) in [7, 11) is 0. The maximum Gasteiger partial charge on any atom is 0.290 e. The Hall–Kier alpha value is -3.00. The molecule has 118 valence electrons. The fraction of sp³-hybridized carbons (Fsp3) is 0. The summed E-state index contributed by atoms with van der Waals surface area (Å²) in [5, 5.41) is 5.93. The van der Waals surface area contributed by atoms with E-state index in [1.54, 1.807) is 36.5 Å². The van der Waals surface area contributed by atoms with Gasteiger partial charge in [0.05, 0.1) is 16.8 Å². The molecule has 0 unspecified atom stereocenters. The molecule has 4 rings (SSSR count). The molecular weight excluding hydrogens is 331 g/mol. The highest BCUT2D eigenvalue weighted by molar-refractivity contribution is 8.18. The molecule has 0 spiro atoms. The molecule has 0 atom stereocenters. The van der Waals surface area contributed by atoms with Crippen LogP contribution in [0.5, 0.6) is 0 Å². The Balaban J connectivity index is 1.83. The van der Waals surface area contributed by atoms with Crippen LogP contribution in [0.25, 0.3) is 23.0 Å². The number of hydrogen-bond donors (Lipinski definition) is 1. The average molecular weight is 340 g/mol. The lowest BCUT2D eigenvalue weighted by Crippen LogP contribution is -2.17. The molecule has 1 N–H and O–H groups in total. The zero-order valence-electron chi connectivity index (χ0n) is 12.1. The summed E-state index contributed by atoms with van der Waals surface area (Å²) in [6.07, 6.45) is 4.75. The van der Waals surface area contributed by atoms with Crippen LogP contribution in [0.15, 0.2) is 47.6 Å². The van der Waals surface area contributed by atoms with Gasteiger partial charge in [0.25, 0.3) is 11.1 Å². The third-order valence-electron chi connectivity index (χ3n) is 3.47. The summed E-state index contributed by atoms with van der Waals surface area (Å²) >= 11 is 0.820. The number of thioether (sulfide) groups is 1. The number of aromatic nitrogens is 3. The van der Waals surface area contributed by atoms with Crippen LogP contribution in [0, 0.1) is 5.82 Å². The molecule has 8 heteroatoms. The number of rotatable bonds is 2. The number of nitrogens with zero attached hydrogens (tertiary/aromatic N) is 3. The van der Waals surface area contributed by atoms with Gasteiger partial charge in [0, 0.05) is 17.3 Å². The molecule has 6 nitrogen and oxygen atoms in total. The van der Waals surface area contributed by atoms with Gasteiger partial charge in [-0.25, -0.2) is 13.9 Å². The van der Waals surface area contributed by atoms with Crippen molar-refractivity contribution in [2.45, 2.75) is 0 Å². The van der Waals surface area contributed by atoms with Gasteiger partial charge in [-0.1, -0.05) is 12.1 Å². The van der Waals surface area contributed by atoms with Gasteiger partial charge in [0.2, 0.25) is 0 Å². The van der Waals surface area contributed by atoms with Crippen LogP contribution in [0.3, 0.4) is 0 Å². The number of fused-ring (bicyclic) bond motifs is 1. The number of benzene rings is 1. The highest BCUT2D eigenvalue weighted by atomic mass is 32.2. The van der Waals surface area contributed by atoms with Gasteiger partial charge < -0.3 is 0 Å². The minimum Gasteiger partial charge on any atom is -0.282 e. The quantitative estimate of drug-likeness (QED) is 0.726. The van der Waals surface area contributed by atoms with Gasteiger partial charge in [-0.2, -0.15) is 5.10 Å². The van der Waals surface area contributed by atoms with Crippen LogP contribution >= 0.6 is 11.8 Å². The lowest BCUT2D eigenvalue weighted by atomic mass is 10.1. The van der Waals surface area contributed by atoms with Crippen LogP contribution in [-0.2, 0) is 4.79 Å². The first kappa shape index (κ1) is 14.6. The van der Waals surface area contributed by atoms with Crippen molar-refractivity contribution in [3.05, 3.63) is 59.0 Å². The SMILES string of the molecule is O=C1NC(=O)/C(=C\c2cnn3ccc(-c4ccccc4F)nc23)S1. The van der Waals surface area contributed by atoms with Crippen LogP contribution in [-0.4, -0.2) is 25.7 Å². The van der Waals surface area contributed by atoms with Crippen molar-refractivity contribution in [2.24, 2.45) is 0 Å². The van der Waals surface area contributed by atoms with E-state index in [1.165, 1.54) is 16.8 Å². The Morgan fingerprint density at radius 1 is 1.21 bits per heavy atom. The van der Waals surface area contributed by atoms with Crippen LogP contribution < -0.4 is 5.32 Å². The molecule has 0 saturated carbocycles. The molecule has 1 aliphatic rings. The van der Waals surface area contributed by atoms with E-state index < -0.39 is 11.1 Å². The van der Waals surface area contributed by atoms with Gasteiger partial charge in [-0.05, 0) is 36.0 Å². The molecule has 3 heterocycles. The van der Waals surface area contributed by atoms with E-state index in [9.17, 15) is 14.0 Å². The number of carbonyl (C=O) groups is 2. The van der Waals surface area contributed by atoms with Gasteiger partial charge in [-0.15, -0.1) is 0 Å². The molecule has 3 aromatic rings. The third kappa shape index (κ3) is 2.46. The van der Waals surface area contributed by atoms with E-state index in [2.05, 4.69) is 15.4 Å². The smallest absolute Gasteiger partial charge is 0.282 e. The largest absolute Gasteiger partial charge is 0.290 e. The van der Waals surface area contributed by atoms with E-state index in [4.69, 9.17) is 0 Å². The minimum absolute atomic E-state index is 0.271. The second kappa shape index (κ2) is 5.57. The van der Waals surface area contributed by atoms with Crippen molar-refractivity contribution < 1.29 is 14.0 Å². The van der Waals surface area contributed by atoms with E-state index in [-0.39, 0.29) is 10.7 Å². The summed E-state index contributed by atoms with van der Waals surface area (Å²) in [4.78, 5) is 27.6. The third-order valence-corrected chi connectivity index (χ3v) is 4.29. The summed E-state index contributed by atoms with van der Waals surface area (Å²) < 4.78 is 15.5. The van der Waals surface area contributed by atoms with E-state index in [1.807, 2.05) is 0 Å². The maximum absolute atomic E-state index is 14.0. The fourth-order valence-corrected chi connectivity index (χ4v) is 3.04.